The molecule has 0 aliphatic heterocycles. The van der Waals surface area contributed by atoms with Gasteiger partial charge in [0.25, 0.3) is 0 Å². The Hall–Kier alpha value is -0.770. The van der Waals surface area contributed by atoms with Crippen LogP contribution >= 0.6 is 24.0 Å². The highest BCUT2D eigenvalue weighted by Crippen LogP contribution is 2.17. The molecule has 2 atom stereocenters. The molecule has 5 heteroatoms. The van der Waals surface area contributed by atoms with Crippen molar-refractivity contribution in [2.75, 3.05) is 0 Å². The van der Waals surface area contributed by atoms with Crippen LogP contribution in [-0.4, -0.2) is 22.9 Å². The van der Waals surface area contributed by atoms with E-state index in [1.54, 1.807) is 0 Å². The molecule has 0 saturated heterocycles. The van der Waals surface area contributed by atoms with E-state index >= 15 is 0 Å². The molecule has 0 spiro atoms. The van der Waals surface area contributed by atoms with E-state index in [2.05, 4.69) is 0 Å². The quantitative estimate of drug-likeness (QED) is 0.903. The Balaban J connectivity index is 0.00000361. The maximum atomic E-state index is 12.4. The van der Waals surface area contributed by atoms with Crippen LogP contribution in [0.1, 0.15) is 33.3 Å². The lowest BCUT2D eigenvalue weighted by molar-refractivity contribution is -0.137. The molecule has 114 valence electrons. The largest absolute Gasteiger partial charge is 0.336 e. The first kappa shape index (κ1) is 19.2. The van der Waals surface area contributed by atoms with Gasteiger partial charge >= 0.3 is 0 Å². The van der Waals surface area contributed by atoms with Crippen LogP contribution in [0.25, 0.3) is 0 Å². The number of hydrogen-bond donors (Lipinski definition) is 1. The second-order valence-electron chi connectivity index (χ2n) is 5.34. The number of carbonyl (C=O) groups excluding carboxylic acids is 1. The van der Waals surface area contributed by atoms with Crippen molar-refractivity contribution in [2.24, 2.45) is 11.7 Å². The monoisotopic (exact) mass is 318 g/mol. The molecule has 1 amide bonds. The Morgan fingerprint density at radius 2 is 1.90 bits per heavy atom. The molecule has 1 aromatic rings. The first-order valence-corrected chi connectivity index (χ1v) is 7.01. The van der Waals surface area contributed by atoms with Crippen LogP contribution in [0.4, 0.5) is 0 Å². The predicted octanol–water partition coefficient (Wildman–Crippen LogP) is 3.48. The number of carbonyl (C=O) groups is 1. The molecule has 0 bridgehead atoms. The van der Waals surface area contributed by atoms with Gasteiger partial charge in [0.2, 0.25) is 5.91 Å². The van der Waals surface area contributed by atoms with Gasteiger partial charge in [0.1, 0.15) is 0 Å². The highest BCUT2D eigenvalue weighted by Gasteiger charge is 2.25. The molecule has 2 unspecified atom stereocenters. The number of benzene rings is 1. The minimum absolute atomic E-state index is 0. The third-order valence-electron chi connectivity index (χ3n) is 3.33. The van der Waals surface area contributed by atoms with Gasteiger partial charge in [-0.05, 0) is 38.5 Å². The third-order valence-corrected chi connectivity index (χ3v) is 3.56. The fourth-order valence-corrected chi connectivity index (χ4v) is 2.05. The fraction of sp³-hybridized carbons (Fsp3) is 0.533. The highest BCUT2D eigenvalue weighted by molar-refractivity contribution is 6.30. The molecule has 0 aliphatic rings. The van der Waals surface area contributed by atoms with Gasteiger partial charge in [0.05, 0.1) is 5.92 Å². The second kappa shape index (κ2) is 8.50. The molecule has 1 aromatic carbocycles. The summed E-state index contributed by atoms with van der Waals surface area (Å²) >= 11 is 5.98. The van der Waals surface area contributed by atoms with Gasteiger partial charge in [-0.15, -0.1) is 12.4 Å². The number of amides is 1. The summed E-state index contributed by atoms with van der Waals surface area (Å²) in [5.41, 5.74) is 6.86. The highest BCUT2D eigenvalue weighted by atomic mass is 35.5. The summed E-state index contributed by atoms with van der Waals surface area (Å²) in [4.78, 5) is 14.3. The lowest BCUT2D eigenvalue weighted by Gasteiger charge is -2.31. The molecule has 0 radical (unpaired) electrons. The van der Waals surface area contributed by atoms with Crippen molar-refractivity contribution in [3.05, 3.63) is 34.9 Å². The Kier molecular flexibility index (Phi) is 8.17. The van der Waals surface area contributed by atoms with Crippen LogP contribution in [-0.2, 0) is 11.3 Å². The van der Waals surface area contributed by atoms with Gasteiger partial charge in [-0.2, -0.15) is 0 Å². The molecule has 0 aromatic heterocycles. The van der Waals surface area contributed by atoms with Gasteiger partial charge in [-0.3, -0.25) is 4.79 Å². The van der Waals surface area contributed by atoms with Crippen molar-refractivity contribution in [1.82, 2.24) is 4.90 Å². The number of rotatable bonds is 5. The molecule has 1 rings (SSSR count). The van der Waals surface area contributed by atoms with Crippen LogP contribution in [0.3, 0.4) is 0 Å². The van der Waals surface area contributed by atoms with E-state index in [1.807, 2.05) is 56.9 Å². The van der Waals surface area contributed by atoms with Crippen molar-refractivity contribution in [3.8, 4) is 0 Å². The molecule has 3 nitrogen and oxygen atoms in total. The maximum Gasteiger partial charge on any atom is 0.227 e. The van der Waals surface area contributed by atoms with E-state index in [-0.39, 0.29) is 36.3 Å². The summed E-state index contributed by atoms with van der Waals surface area (Å²) in [5.74, 6) is -0.0911. The predicted molar refractivity (Wildman–Crippen MR) is 87.2 cm³/mol. The van der Waals surface area contributed by atoms with Gasteiger partial charge in [-0.1, -0.05) is 30.7 Å². The van der Waals surface area contributed by atoms with Gasteiger partial charge in [0, 0.05) is 23.7 Å². The summed E-state index contributed by atoms with van der Waals surface area (Å²) in [6.45, 7) is 8.32. The van der Waals surface area contributed by atoms with Gasteiger partial charge in [-0.25, -0.2) is 0 Å². The summed E-state index contributed by atoms with van der Waals surface area (Å²) in [6, 6.07) is 7.58. The van der Waals surface area contributed by atoms with E-state index in [0.717, 1.165) is 5.56 Å². The van der Waals surface area contributed by atoms with Crippen molar-refractivity contribution < 1.29 is 4.79 Å². The molecular formula is C15H24Cl2N2O. The number of nitrogens with zero attached hydrogens (tertiary/aromatic N) is 1. The Bertz CT molecular complexity index is 436. The van der Waals surface area contributed by atoms with E-state index < -0.39 is 0 Å². The Labute approximate surface area is 132 Å². The zero-order chi connectivity index (χ0) is 14.6. The van der Waals surface area contributed by atoms with Crippen molar-refractivity contribution >= 4 is 29.9 Å². The van der Waals surface area contributed by atoms with Crippen molar-refractivity contribution in [3.63, 3.8) is 0 Å². The van der Waals surface area contributed by atoms with Crippen molar-refractivity contribution in [2.45, 2.75) is 46.3 Å². The Morgan fingerprint density at radius 1 is 1.30 bits per heavy atom. The van der Waals surface area contributed by atoms with Crippen LogP contribution in [0.5, 0.6) is 0 Å². The summed E-state index contributed by atoms with van der Waals surface area (Å²) in [7, 11) is 0. The molecule has 0 fully saturated rings. The van der Waals surface area contributed by atoms with E-state index in [1.165, 1.54) is 0 Å². The van der Waals surface area contributed by atoms with Crippen LogP contribution in [0, 0.1) is 5.92 Å². The minimum Gasteiger partial charge on any atom is -0.336 e. The number of halogens is 2. The van der Waals surface area contributed by atoms with Gasteiger partial charge < -0.3 is 10.6 Å². The fourth-order valence-electron chi connectivity index (χ4n) is 1.83. The molecule has 0 heterocycles. The molecule has 0 aliphatic carbocycles. The van der Waals surface area contributed by atoms with Gasteiger partial charge in [0.15, 0.2) is 0 Å². The van der Waals surface area contributed by atoms with Crippen LogP contribution in [0.15, 0.2) is 24.3 Å². The van der Waals surface area contributed by atoms with E-state index in [9.17, 15) is 4.79 Å². The third kappa shape index (κ3) is 5.31. The maximum absolute atomic E-state index is 12.4. The molecule has 0 saturated carbocycles. The molecule has 2 N–H and O–H groups in total. The first-order valence-electron chi connectivity index (χ1n) is 6.63. The second-order valence-corrected chi connectivity index (χ2v) is 5.77. The summed E-state index contributed by atoms with van der Waals surface area (Å²) in [5, 5.41) is 0.689. The van der Waals surface area contributed by atoms with Crippen LogP contribution in [0.2, 0.25) is 5.02 Å². The lowest BCUT2D eigenvalue weighted by Crippen LogP contribution is -2.44. The Morgan fingerprint density at radius 3 is 2.35 bits per heavy atom. The normalized spacial score (nSPS) is 13.6. The number of hydrogen-bond acceptors (Lipinski definition) is 2. The zero-order valence-corrected chi connectivity index (χ0v) is 14.0. The molecular weight excluding hydrogens is 295 g/mol. The minimum atomic E-state index is -0.179. The van der Waals surface area contributed by atoms with E-state index in [0.29, 0.717) is 11.6 Å². The van der Waals surface area contributed by atoms with Crippen LogP contribution < -0.4 is 5.73 Å². The standard InChI is InChI=1S/C15H23ClN2O.ClH/c1-10(2)18(15(19)11(3)12(4)17)9-13-6-5-7-14(16)8-13;/h5-8,10-12H,9,17H2,1-4H3;1H. The lowest BCUT2D eigenvalue weighted by atomic mass is 10.0. The first-order chi connectivity index (χ1) is 8.82. The van der Waals surface area contributed by atoms with Crippen molar-refractivity contribution in [1.29, 1.82) is 0 Å². The number of nitrogens with two attached hydrogens (primary N) is 1. The summed E-state index contributed by atoms with van der Waals surface area (Å²) in [6.07, 6.45) is 0. The zero-order valence-electron chi connectivity index (χ0n) is 12.5. The van der Waals surface area contributed by atoms with E-state index in [4.69, 9.17) is 17.3 Å². The average Bonchev–Trinajstić information content (AvgIpc) is 2.33. The summed E-state index contributed by atoms with van der Waals surface area (Å²) < 4.78 is 0. The molecule has 20 heavy (non-hydrogen) atoms. The topological polar surface area (TPSA) is 46.3 Å². The smallest absolute Gasteiger partial charge is 0.227 e. The SMILES string of the molecule is CC(N)C(C)C(=O)N(Cc1cccc(Cl)c1)C(C)C.Cl. The average molecular weight is 319 g/mol.